The van der Waals surface area contributed by atoms with Crippen molar-refractivity contribution in [2.24, 2.45) is 0 Å². The minimum Gasteiger partial charge on any atom is -0.368 e. The van der Waals surface area contributed by atoms with E-state index >= 15 is 0 Å². The van der Waals surface area contributed by atoms with Crippen LogP contribution in [0.3, 0.4) is 0 Å². The van der Waals surface area contributed by atoms with Crippen LogP contribution in [-0.4, -0.2) is 29.2 Å². The number of fused-ring (bicyclic) bond motifs is 1. The lowest BCUT2D eigenvalue weighted by atomic mass is 10.1. The first-order valence-electron chi connectivity index (χ1n) is 8.36. The fraction of sp³-hybridized carbons (Fsp3) is 0.211. The summed E-state index contributed by atoms with van der Waals surface area (Å²) in [6, 6.07) is 13.1. The summed E-state index contributed by atoms with van der Waals surface area (Å²) in [5.74, 6) is 0.186. The number of rotatable bonds is 7. The van der Waals surface area contributed by atoms with Gasteiger partial charge in [-0.25, -0.2) is 9.49 Å². The van der Waals surface area contributed by atoms with E-state index in [1.165, 1.54) is 12.1 Å². The SMILES string of the molecule is O=C(Cc1ccc(F)cc1)NCCCNc1n[nH]c(=O)c2ccccc12. The van der Waals surface area contributed by atoms with Gasteiger partial charge in [0.25, 0.3) is 5.56 Å². The zero-order valence-electron chi connectivity index (χ0n) is 14.1. The smallest absolute Gasteiger partial charge is 0.272 e. The summed E-state index contributed by atoms with van der Waals surface area (Å²) in [5, 5.41) is 13.8. The third kappa shape index (κ3) is 4.44. The number of nitrogens with zero attached hydrogens (tertiary/aromatic N) is 1. The quantitative estimate of drug-likeness (QED) is 0.568. The second-order valence-corrected chi connectivity index (χ2v) is 5.88. The highest BCUT2D eigenvalue weighted by Gasteiger charge is 2.06. The molecule has 0 saturated carbocycles. The van der Waals surface area contributed by atoms with Crippen LogP contribution in [0.15, 0.2) is 53.3 Å². The van der Waals surface area contributed by atoms with Crippen LogP contribution < -0.4 is 16.2 Å². The third-order valence-corrected chi connectivity index (χ3v) is 3.94. The molecule has 134 valence electrons. The largest absolute Gasteiger partial charge is 0.368 e. The lowest BCUT2D eigenvalue weighted by Gasteiger charge is -2.09. The Balaban J connectivity index is 1.45. The zero-order valence-corrected chi connectivity index (χ0v) is 14.1. The number of hydrogen-bond donors (Lipinski definition) is 3. The number of carbonyl (C=O) groups is 1. The minimum atomic E-state index is -0.316. The standard InChI is InChI=1S/C19H19FN4O2/c20-14-8-6-13(7-9-14)12-17(25)21-10-3-11-22-18-15-4-1-2-5-16(15)19(26)24-23-18/h1-2,4-9H,3,10-12H2,(H,21,25)(H,22,23)(H,24,26). The van der Waals surface area contributed by atoms with Gasteiger partial charge in [-0.15, -0.1) is 0 Å². The number of amides is 1. The Bertz CT molecular complexity index is 954. The van der Waals surface area contributed by atoms with E-state index in [4.69, 9.17) is 0 Å². The van der Waals surface area contributed by atoms with E-state index < -0.39 is 0 Å². The predicted molar refractivity (Wildman–Crippen MR) is 98.6 cm³/mol. The highest BCUT2D eigenvalue weighted by Crippen LogP contribution is 2.16. The van der Waals surface area contributed by atoms with Gasteiger partial charge >= 0.3 is 0 Å². The van der Waals surface area contributed by atoms with Gasteiger partial charge in [-0.2, -0.15) is 5.10 Å². The summed E-state index contributed by atoms with van der Waals surface area (Å²) in [6.45, 7) is 1.11. The first kappa shape index (κ1) is 17.6. The number of anilines is 1. The van der Waals surface area contributed by atoms with Crippen LogP contribution in [0.2, 0.25) is 0 Å². The topological polar surface area (TPSA) is 86.9 Å². The third-order valence-electron chi connectivity index (χ3n) is 3.94. The van der Waals surface area contributed by atoms with Gasteiger partial charge in [0.05, 0.1) is 11.8 Å². The van der Waals surface area contributed by atoms with Crippen LogP contribution in [-0.2, 0) is 11.2 Å². The molecule has 0 spiro atoms. The molecule has 1 amide bonds. The number of halogens is 1. The van der Waals surface area contributed by atoms with Crippen molar-refractivity contribution in [2.75, 3.05) is 18.4 Å². The first-order chi connectivity index (χ1) is 12.6. The second kappa shape index (κ2) is 8.24. The number of hydrogen-bond acceptors (Lipinski definition) is 4. The number of carbonyl (C=O) groups excluding carboxylic acids is 1. The maximum Gasteiger partial charge on any atom is 0.272 e. The van der Waals surface area contributed by atoms with E-state index in [0.29, 0.717) is 30.7 Å². The second-order valence-electron chi connectivity index (χ2n) is 5.88. The van der Waals surface area contributed by atoms with Gasteiger partial charge in [-0.05, 0) is 30.2 Å². The summed E-state index contributed by atoms with van der Waals surface area (Å²) in [4.78, 5) is 23.6. The van der Waals surface area contributed by atoms with E-state index in [0.717, 1.165) is 10.9 Å². The Labute approximate surface area is 149 Å². The molecule has 0 aliphatic carbocycles. The van der Waals surface area contributed by atoms with E-state index in [-0.39, 0.29) is 23.7 Å². The number of aromatic amines is 1. The van der Waals surface area contributed by atoms with Crippen LogP contribution in [0.1, 0.15) is 12.0 Å². The van der Waals surface area contributed by atoms with Gasteiger partial charge in [0, 0.05) is 18.5 Å². The number of nitrogens with one attached hydrogen (secondary N) is 3. The first-order valence-corrected chi connectivity index (χ1v) is 8.36. The Morgan fingerprint density at radius 1 is 1.04 bits per heavy atom. The Kier molecular flexibility index (Phi) is 5.58. The summed E-state index contributed by atoms with van der Waals surface area (Å²) in [5.41, 5.74) is 0.546. The van der Waals surface area contributed by atoms with Gasteiger partial charge in [0.15, 0.2) is 5.82 Å². The molecule has 2 aromatic carbocycles. The average Bonchev–Trinajstić information content (AvgIpc) is 2.65. The molecule has 3 N–H and O–H groups in total. The number of aromatic nitrogens is 2. The summed E-state index contributed by atoms with van der Waals surface area (Å²) in [6.07, 6.45) is 0.921. The molecular weight excluding hydrogens is 335 g/mol. The van der Waals surface area contributed by atoms with Crippen LogP contribution in [0.25, 0.3) is 10.8 Å². The molecule has 7 heteroatoms. The van der Waals surface area contributed by atoms with E-state index in [2.05, 4.69) is 20.8 Å². The predicted octanol–water partition coefficient (Wildman–Crippen LogP) is 2.22. The molecule has 6 nitrogen and oxygen atoms in total. The van der Waals surface area contributed by atoms with Crippen molar-refractivity contribution in [2.45, 2.75) is 12.8 Å². The summed E-state index contributed by atoms with van der Waals surface area (Å²) >= 11 is 0. The van der Waals surface area contributed by atoms with Crippen molar-refractivity contribution in [3.05, 3.63) is 70.3 Å². The molecule has 0 unspecified atom stereocenters. The van der Waals surface area contributed by atoms with Crippen molar-refractivity contribution >= 4 is 22.5 Å². The van der Waals surface area contributed by atoms with Gasteiger partial charge in [-0.1, -0.05) is 30.3 Å². The average molecular weight is 354 g/mol. The normalized spacial score (nSPS) is 10.7. The van der Waals surface area contributed by atoms with Crippen LogP contribution in [0.5, 0.6) is 0 Å². The maximum atomic E-state index is 12.8. The molecule has 26 heavy (non-hydrogen) atoms. The molecule has 0 saturated heterocycles. The molecule has 1 aromatic heterocycles. The lowest BCUT2D eigenvalue weighted by Crippen LogP contribution is -2.27. The van der Waals surface area contributed by atoms with Crippen molar-refractivity contribution in [1.29, 1.82) is 0 Å². The fourth-order valence-corrected chi connectivity index (χ4v) is 2.62. The van der Waals surface area contributed by atoms with Crippen LogP contribution >= 0.6 is 0 Å². The lowest BCUT2D eigenvalue weighted by molar-refractivity contribution is -0.120. The molecule has 0 fully saturated rings. The minimum absolute atomic E-state index is 0.107. The van der Waals surface area contributed by atoms with Crippen LogP contribution in [0.4, 0.5) is 10.2 Å². The van der Waals surface area contributed by atoms with Gasteiger partial charge in [0.1, 0.15) is 5.82 Å². The number of H-pyrrole nitrogens is 1. The van der Waals surface area contributed by atoms with Gasteiger partial charge in [0.2, 0.25) is 5.91 Å². The molecule has 0 atom stereocenters. The highest BCUT2D eigenvalue weighted by molar-refractivity contribution is 5.90. The van der Waals surface area contributed by atoms with E-state index in [1.807, 2.05) is 12.1 Å². The molecule has 3 rings (SSSR count). The fourth-order valence-electron chi connectivity index (χ4n) is 2.62. The van der Waals surface area contributed by atoms with Crippen molar-refractivity contribution in [3.8, 4) is 0 Å². The molecule has 3 aromatic rings. The maximum absolute atomic E-state index is 12.8. The molecular formula is C19H19FN4O2. The monoisotopic (exact) mass is 354 g/mol. The van der Waals surface area contributed by atoms with E-state index in [9.17, 15) is 14.0 Å². The van der Waals surface area contributed by atoms with E-state index in [1.54, 1.807) is 24.3 Å². The molecule has 1 heterocycles. The highest BCUT2D eigenvalue weighted by atomic mass is 19.1. The molecule has 0 bridgehead atoms. The molecule has 0 aliphatic heterocycles. The summed E-state index contributed by atoms with van der Waals surface area (Å²) in [7, 11) is 0. The number of benzene rings is 2. The summed E-state index contributed by atoms with van der Waals surface area (Å²) < 4.78 is 12.8. The van der Waals surface area contributed by atoms with Gasteiger partial charge < -0.3 is 10.6 Å². The Hall–Kier alpha value is -3.22. The Morgan fingerprint density at radius 2 is 1.77 bits per heavy atom. The van der Waals surface area contributed by atoms with Crippen molar-refractivity contribution in [1.82, 2.24) is 15.5 Å². The van der Waals surface area contributed by atoms with Gasteiger partial charge in [-0.3, -0.25) is 9.59 Å². The zero-order chi connectivity index (χ0) is 18.4. The molecule has 0 radical (unpaired) electrons. The van der Waals surface area contributed by atoms with Crippen molar-refractivity contribution < 1.29 is 9.18 Å². The van der Waals surface area contributed by atoms with Crippen molar-refractivity contribution in [3.63, 3.8) is 0 Å². The Morgan fingerprint density at radius 3 is 2.54 bits per heavy atom. The molecule has 0 aliphatic rings. The van der Waals surface area contributed by atoms with Crippen LogP contribution in [0, 0.1) is 5.82 Å².